The number of hydrogen-bond acceptors (Lipinski definition) is 8. The molecule has 0 aliphatic rings. The molecule has 4 rings (SSSR count). The van der Waals surface area contributed by atoms with E-state index in [1.807, 2.05) is 48.5 Å². The third-order valence-corrected chi connectivity index (χ3v) is 14.4. The van der Waals surface area contributed by atoms with Crippen LogP contribution in [0.3, 0.4) is 0 Å². The van der Waals surface area contributed by atoms with Crippen molar-refractivity contribution in [2.45, 2.75) is 182 Å². The van der Waals surface area contributed by atoms with Gasteiger partial charge in [0.15, 0.2) is 11.4 Å². The predicted molar refractivity (Wildman–Crippen MR) is 281 cm³/mol. The van der Waals surface area contributed by atoms with E-state index in [1.54, 1.807) is 0 Å². The molecule has 0 unspecified atom stereocenters. The summed E-state index contributed by atoms with van der Waals surface area (Å²) in [7, 11) is 0. The van der Waals surface area contributed by atoms with E-state index in [-0.39, 0.29) is 27.3 Å². The number of benzene rings is 4. The maximum absolute atomic E-state index is 6.15. The smallest absolute Gasteiger partial charge is 0.665 e. The normalized spacial score (nSPS) is 11.3. The van der Waals surface area contributed by atoms with E-state index in [9.17, 15) is 0 Å². The summed E-state index contributed by atoms with van der Waals surface area (Å²) in [5, 5.41) is 0. The van der Waals surface area contributed by atoms with Crippen LogP contribution in [0, 0.1) is 0 Å². The molecule has 0 saturated carbocycles. The van der Waals surface area contributed by atoms with Gasteiger partial charge in [-0.1, -0.05) is 203 Å². The van der Waals surface area contributed by atoms with E-state index in [0.29, 0.717) is 0 Å². The molecule has 0 atom stereocenters. The molecule has 0 fully saturated rings. The van der Waals surface area contributed by atoms with Crippen LogP contribution in [0.2, 0.25) is 0 Å². The van der Waals surface area contributed by atoms with Crippen molar-refractivity contribution >= 4 is 59.5 Å². The zero-order valence-corrected chi connectivity index (χ0v) is 48.2. The molecule has 4 aromatic rings. The van der Waals surface area contributed by atoms with Crippen LogP contribution in [-0.4, -0.2) is 0 Å². The van der Waals surface area contributed by atoms with Crippen LogP contribution in [0.15, 0.2) is 97.1 Å². The molecule has 344 valence electrons. The molecule has 0 radical (unpaired) electrons. The third-order valence-electron chi connectivity index (χ3n) is 10.9. The molecule has 4 nitrogen and oxygen atoms in total. The van der Waals surface area contributed by atoms with Crippen molar-refractivity contribution in [3.05, 3.63) is 119 Å². The monoisotopic (exact) mass is 1070 g/mol. The first kappa shape index (κ1) is 58.1. The maximum atomic E-state index is 6.15. The molecule has 11 heteroatoms. The summed E-state index contributed by atoms with van der Waals surface area (Å²) in [5.41, 5.74) is -1.06. The number of aryl methyl sites for hydroxylation is 4. The van der Waals surface area contributed by atoms with Gasteiger partial charge in [-0.3, -0.25) is 0 Å². The predicted octanol–water partition coefficient (Wildman–Crippen LogP) is 17.9. The van der Waals surface area contributed by atoms with Gasteiger partial charge in [0.25, 0.3) is 0 Å². The molecule has 0 N–H and O–H groups in total. The molecule has 0 amide bonds. The Labute approximate surface area is 425 Å². The second-order valence-electron chi connectivity index (χ2n) is 16.3. The molecule has 0 aliphatic heterocycles. The Kier molecular flexibility index (Phi) is 32.5. The fraction of sp³-hybridized carbons (Fsp3) is 0.538. The van der Waals surface area contributed by atoms with Gasteiger partial charge in [-0.2, -0.15) is 0 Å². The van der Waals surface area contributed by atoms with Crippen molar-refractivity contribution in [1.82, 2.24) is 0 Å². The Hall–Kier alpha value is -0.998. The van der Waals surface area contributed by atoms with Crippen LogP contribution in [0.1, 0.15) is 178 Å². The Balaban J connectivity index is 0.000000427. The van der Waals surface area contributed by atoms with Crippen LogP contribution in [-0.2, 0) is 101 Å². The summed E-state index contributed by atoms with van der Waals surface area (Å²) in [4.78, 5) is 0. The fourth-order valence-electron chi connectivity index (χ4n) is 7.39. The second-order valence-corrected chi connectivity index (χ2v) is 26.0. The van der Waals surface area contributed by atoms with Gasteiger partial charge < -0.3 is 42.6 Å². The second kappa shape index (κ2) is 35.2. The quantitative estimate of drug-likeness (QED) is 0.0207. The van der Waals surface area contributed by atoms with Gasteiger partial charge >= 0.3 is 27.3 Å². The van der Waals surface area contributed by atoms with E-state index in [1.165, 1.54) is 125 Å². The van der Waals surface area contributed by atoms with Gasteiger partial charge in [-0.25, -0.2) is 0 Å². The van der Waals surface area contributed by atoms with E-state index in [4.69, 9.17) is 66.2 Å². The van der Waals surface area contributed by atoms with E-state index >= 15 is 0 Å². The van der Waals surface area contributed by atoms with Crippen molar-refractivity contribution in [3.63, 3.8) is 0 Å². The molecule has 0 aliphatic carbocycles. The van der Waals surface area contributed by atoms with E-state index < -0.39 is 11.4 Å². The van der Waals surface area contributed by atoms with Crippen LogP contribution >= 0.6 is 11.4 Å². The topological polar surface area (TPSA) is 36.9 Å². The summed E-state index contributed by atoms with van der Waals surface area (Å²) in [6.45, 7) is 8.96. The van der Waals surface area contributed by atoms with Gasteiger partial charge in [0.1, 0.15) is 23.0 Å². The SMILES string of the molecule is CCCCCCCc1ccccc1OP(=S)([S-])Oc1ccccc1CCCCCCC.CCCCCCCc1ccccc1OP(=S)([S-])Oc1ccccc1CCCCCCC.[Cd+2]. The third kappa shape index (κ3) is 25.6. The minimum atomic E-state index is -2.87. The molecule has 4 aromatic carbocycles. The average molecular weight is 1070 g/mol. The Bertz CT molecular complexity index is 1630. The molecular weight excluding hydrogens is 991 g/mol. The van der Waals surface area contributed by atoms with Gasteiger partial charge in [0.05, 0.1) is 0 Å². The first-order chi connectivity index (χ1) is 30.1. The van der Waals surface area contributed by atoms with Gasteiger partial charge in [-0.15, -0.1) is 0 Å². The summed E-state index contributed by atoms with van der Waals surface area (Å²) < 4.78 is 24.6. The standard InChI is InChI=1S/2C26H39O2PS2.Cd/c2*1-3-5-7-9-11-17-23-19-13-15-21-25(23)27-29(30,31)28-26-22-16-14-20-24(26)18-12-10-8-6-4-2;/h2*13-16,19-22H,3-12,17-18H2,1-2H3,(H,30,31);/q;;+2/p-2. The summed E-state index contributed by atoms with van der Waals surface area (Å²) in [6, 6.07) is 32.5. The largest absolute Gasteiger partial charge is 2.00 e. The maximum Gasteiger partial charge on any atom is 2.00 e. The van der Waals surface area contributed by atoms with Crippen molar-refractivity contribution in [2.75, 3.05) is 0 Å². The minimum absolute atomic E-state index is 0. The molecule has 63 heavy (non-hydrogen) atoms. The molecule has 0 heterocycles. The number of para-hydroxylation sites is 4. The number of hydrogen-bond donors (Lipinski definition) is 0. The van der Waals surface area contributed by atoms with Crippen LogP contribution in [0.5, 0.6) is 23.0 Å². The van der Waals surface area contributed by atoms with Crippen LogP contribution < -0.4 is 18.1 Å². The summed E-state index contributed by atoms with van der Waals surface area (Å²) >= 11 is 22.6. The van der Waals surface area contributed by atoms with E-state index in [0.717, 1.165) is 74.4 Å². The Morgan fingerprint density at radius 1 is 0.333 bits per heavy atom. The average Bonchev–Trinajstić information content (AvgIpc) is 3.25. The van der Waals surface area contributed by atoms with Crippen LogP contribution in [0.25, 0.3) is 0 Å². The summed E-state index contributed by atoms with van der Waals surface area (Å²) in [6.07, 6.45) is 28.9. The van der Waals surface area contributed by atoms with Crippen molar-refractivity contribution in [1.29, 1.82) is 0 Å². The van der Waals surface area contributed by atoms with E-state index in [2.05, 4.69) is 76.2 Å². The van der Waals surface area contributed by atoms with Crippen molar-refractivity contribution < 1.29 is 45.4 Å². The molecular formula is C52H76CdO4P2S4. The van der Waals surface area contributed by atoms with Gasteiger partial charge in [-0.05, 0) is 121 Å². The Morgan fingerprint density at radius 2 is 0.524 bits per heavy atom. The molecule has 0 bridgehead atoms. The number of unbranched alkanes of at least 4 members (excludes halogenated alkanes) is 16. The zero-order valence-electron chi connectivity index (χ0n) is 39.1. The molecule has 0 spiro atoms. The first-order valence-electron chi connectivity index (χ1n) is 23.8. The molecule has 0 saturated heterocycles. The fourth-order valence-corrected chi connectivity index (χ4v) is 11.1. The summed E-state index contributed by atoms with van der Waals surface area (Å²) in [5.74, 6) is 3.14. The first-order valence-corrected chi connectivity index (χ1v) is 31.1. The van der Waals surface area contributed by atoms with Gasteiger partial charge in [0.2, 0.25) is 0 Å². The van der Waals surface area contributed by atoms with Gasteiger partial charge in [0, 0.05) is 0 Å². The zero-order chi connectivity index (χ0) is 44.7. The van der Waals surface area contributed by atoms with Crippen molar-refractivity contribution in [2.24, 2.45) is 0 Å². The number of rotatable bonds is 32. The Morgan fingerprint density at radius 3 is 0.730 bits per heavy atom. The molecule has 0 aromatic heterocycles. The van der Waals surface area contributed by atoms with Crippen molar-refractivity contribution in [3.8, 4) is 23.0 Å². The minimum Gasteiger partial charge on any atom is -0.665 e. The van der Waals surface area contributed by atoms with Crippen LogP contribution in [0.4, 0.5) is 0 Å².